The van der Waals surface area contributed by atoms with E-state index in [1.54, 1.807) is 0 Å². The molecular weight excluding hydrogens is 312 g/mol. The Kier molecular flexibility index (Phi) is 4.80. The fourth-order valence-electron chi connectivity index (χ4n) is 2.29. The molecule has 23 heavy (non-hydrogen) atoms. The van der Waals surface area contributed by atoms with Crippen LogP contribution in [0.4, 0.5) is 11.4 Å². The molecule has 0 saturated carbocycles. The number of aliphatic hydroxyl groups excluding tert-OH is 3. The van der Waals surface area contributed by atoms with Gasteiger partial charge in [0.05, 0.1) is 11.0 Å². The Morgan fingerprint density at radius 1 is 1.26 bits per heavy atom. The highest BCUT2D eigenvalue weighted by molar-refractivity contribution is 5.93. The molecule has 126 valence electrons. The summed E-state index contributed by atoms with van der Waals surface area (Å²) in [7, 11) is 0. The van der Waals surface area contributed by atoms with Crippen LogP contribution in [-0.4, -0.2) is 62.0 Å². The summed E-state index contributed by atoms with van der Waals surface area (Å²) >= 11 is 0. The number of nitrogens with zero attached hydrogens (tertiary/aromatic N) is 1. The monoisotopic (exact) mass is 328 g/mol. The Labute approximate surface area is 130 Å². The molecule has 1 heterocycles. The second-order valence-corrected chi connectivity index (χ2v) is 5.17. The molecule has 1 aromatic rings. The predicted molar refractivity (Wildman–Crippen MR) is 76.0 cm³/mol. The number of carbonyl (C=O) groups is 1. The van der Waals surface area contributed by atoms with E-state index >= 15 is 0 Å². The third-order valence-electron chi connectivity index (χ3n) is 3.59. The number of aliphatic hydroxyl groups is 3. The van der Waals surface area contributed by atoms with Gasteiger partial charge in [0.1, 0.15) is 23.9 Å². The molecule has 0 unspecified atom stereocenters. The van der Waals surface area contributed by atoms with Crippen LogP contribution in [0.3, 0.4) is 0 Å². The molecule has 1 aliphatic rings. The van der Waals surface area contributed by atoms with E-state index in [4.69, 9.17) is 9.84 Å². The van der Waals surface area contributed by atoms with Crippen molar-refractivity contribution in [3.63, 3.8) is 0 Å². The minimum atomic E-state index is -1.47. The summed E-state index contributed by atoms with van der Waals surface area (Å²) in [4.78, 5) is 21.1. The number of benzene rings is 1. The molecule has 10 heteroatoms. The van der Waals surface area contributed by atoms with Crippen molar-refractivity contribution in [1.82, 2.24) is 0 Å². The minimum absolute atomic E-state index is 0.126. The zero-order chi connectivity index (χ0) is 17.3. The third kappa shape index (κ3) is 3.40. The number of nitro groups is 1. The molecule has 10 nitrogen and oxygen atoms in total. The molecular formula is C13H16N2O8. The van der Waals surface area contributed by atoms with Gasteiger partial charge in [-0.1, -0.05) is 0 Å². The van der Waals surface area contributed by atoms with Crippen LogP contribution in [-0.2, 0) is 4.74 Å². The first kappa shape index (κ1) is 17.1. The fraction of sp³-hybridized carbons (Fsp3) is 0.462. The quantitative estimate of drug-likeness (QED) is 0.363. The van der Waals surface area contributed by atoms with Crippen LogP contribution in [0.2, 0.25) is 0 Å². The van der Waals surface area contributed by atoms with Crippen LogP contribution in [0.15, 0.2) is 18.2 Å². The van der Waals surface area contributed by atoms with Gasteiger partial charge in [-0.2, -0.15) is 0 Å². The lowest BCUT2D eigenvalue weighted by Crippen LogP contribution is -2.58. The van der Waals surface area contributed by atoms with Gasteiger partial charge in [-0.25, -0.2) is 4.79 Å². The molecule has 0 aromatic heterocycles. The molecule has 1 aromatic carbocycles. The van der Waals surface area contributed by atoms with Gasteiger partial charge in [0.15, 0.2) is 6.23 Å². The predicted octanol–water partition coefficient (Wildman–Crippen LogP) is -0.468. The zero-order valence-corrected chi connectivity index (χ0v) is 12.0. The molecule has 5 atom stereocenters. The summed E-state index contributed by atoms with van der Waals surface area (Å²) in [6, 6.07) is 3.31. The van der Waals surface area contributed by atoms with Gasteiger partial charge in [-0.05, 0) is 19.1 Å². The van der Waals surface area contributed by atoms with Crippen LogP contribution in [0.5, 0.6) is 0 Å². The minimum Gasteiger partial charge on any atom is -0.477 e. The summed E-state index contributed by atoms with van der Waals surface area (Å²) < 4.78 is 5.31. The molecule has 0 bridgehead atoms. The van der Waals surface area contributed by atoms with Gasteiger partial charge in [-0.15, -0.1) is 0 Å². The Bertz CT molecular complexity index is 622. The van der Waals surface area contributed by atoms with Crippen LogP contribution >= 0.6 is 0 Å². The third-order valence-corrected chi connectivity index (χ3v) is 3.59. The van der Waals surface area contributed by atoms with Crippen LogP contribution in [0, 0.1) is 10.1 Å². The molecule has 5 N–H and O–H groups in total. The molecule has 0 amide bonds. The highest BCUT2D eigenvalue weighted by atomic mass is 16.6. The second kappa shape index (κ2) is 6.46. The van der Waals surface area contributed by atoms with Gasteiger partial charge in [0.25, 0.3) is 5.69 Å². The van der Waals surface area contributed by atoms with Crippen molar-refractivity contribution in [2.45, 2.75) is 37.6 Å². The van der Waals surface area contributed by atoms with Crippen molar-refractivity contribution in [2.24, 2.45) is 0 Å². The highest BCUT2D eigenvalue weighted by Crippen LogP contribution is 2.27. The first-order valence-electron chi connectivity index (χ1n) is 6.70. The Morgan fingerprint density at radius 3 is 2.48 bits per heavy atom. The molecule has 0 aliphatic carbocycles. The number of nitro benzene ring substituents is 1. The average Bonchev–Trinajstić information content (AvgIpc) is 2.50. The molecule has 2 rings (SSSR count). The smallest absolute Gasteiger partial charge is 0.342 e. The Hall–Kier alpha value is -2.27. The fourth-order valence-corrected chi connectivity index (χ4v) is 2.29. The number of carboxylic acids is 1. The first-order chi connectivity index (χ1) is 10.7. The number of rotatable bonds is 4. The second-order valence-electron chi connectivity index (χ2n) is 5.17. The molecule has 0 spiro atoms. The number of ether oxygens (including phenoxy) is 1. The van der Waals surface area contributed by atoms with Gasteiger partial charge in [0.2, 0.25) is 0 Å². The summed E-state index contributed by atoms with van der Waals surface area (Å²) in [6.07, 6.45) is -6.10. The maximum Gasteiger partial charge on any atom is 0.342 e. The average molecular weight is 328 g/mol. The maximum absolute atomic E-state index is 11.0. The van der Waals surface area contributed by atoms with E-state index < -0.39 is 52.8 Å². The van der Waals surface area contributed by atoms with Crippen molar-refractivity contribution >= 4 is 17.3 Å². The van der Waals surface area contributed by atoms with Crippen molar-refractivity contribution in [3.05, 3.63) is 33.9 Å². The first-order valence-corrected chi connectivity index (χ1v) is 6.70. The van der Waals surface area contributed by atoms with E-state index in [0.29, 0.717) is 0 Å². The number of anilines is 1. The van der Waals surface area contributed by atoms with Crippen LogP contribution in [0.25, 0.3) is 0 Å². The van der Waals surface area contributed by atoms with E-state index in [2.05, 4.69) is 5.32 Å². The Balaban J connectivity index is 2.25. The van der Waals surface area contributed by atoms with E-state index in [9.17, 15) is 30.2 Å². The molecule has 1 aliphatic heterocycles. The van der Waals surface area contributed by atoms with Crippen LogP contribution < -0.4 is 5.32 Å². The van der Waals surface area contributed by atoms with E-state index in [0.717, 1.165) is 12.1 Å². The van der Waals surface area contributed by atoms with Crippen molar-refractivity contribution < 1.29 is 34.9 Å². The molecule has 0 radical (unpaired) electrons. The zero-order valence-electron chi connectivity index (χ0n) is 12.0. The van der Waals surface area contributed by atoms with E-state index in [1.165, 1.54) is 13.0 Å². The van der Waals surface area contributed by atoms with Crippen molar-refractivity contribution in [2.75, 3.05) is 5.32 Å². The van der Waals surface area contributed by atoms with Crippen LogP contribution in [0.1, 0.15) is 17.3 Å². The number of carboxylic acid groups (broad SMARTS) is 1. The number of nitrogens with one attached hydrogen (secondary N) is 1. The summed E-state index contributed by atoms with van der Waals surface area (Å²) in [5.41, 5.74) is -0.975. The number of aromatic carboxylic acids is 1. The molecule has 1 saturated heterocycles. The lowest BCUT2D eigenvalue weighted by molar-refractivity contribution is -0.385. The summed E-state index contributed by atoms with van der Waals surface area (Å²) in [5, 5.41) is 51.7. The standard InChI is InChI=1S/C13H16N2O8/c1-5-9(16)10(17)11(18)12(23-5)14-6-2-3-7(13(19)20)8(4-6)15(21)22/h2-5,9-12,14,16-18H,1H3,(H,19,20)/t5-,9+,10-,11-,12+/m0/s1. The topological polar surface area (TPSA) is 162 Å². The normalized spacial score (nSPS) is 30.7. The van der Waals surface area contributed by atoms with Gasteiger partial charge < -0.3 is 30.5 Å². The van der Waals surface area contributed by atoms with Crippen molar-refractivity contribution in [3.8, 4) is 0 Å². The van der Waals surface area contributed by atoms with Gasteiger partial charge in [-0.3, -0.25) is 10.1 Å². The number of hydrogen-bond donors (Lipinski definition) is 5. The van der Waals surface area contributed by atoms with Gasteiger partial charge >= 0.3 is 5.97 Å². The lowest BCUT2D eigenvalue weighted by atomic mass is 9.99. The highest BCUT2D eigenvalue weighted by Gasteiger charge is 2.41. The SMILES string of the molecule is C[C@@H]1O[C@@H](Nc2ccc(C(=O)O)c([N+](=O)[O-])c2)[C@@H](O)[C@@H](O)[C@@H]1O. The lowest BCUT2D eigenvalue weighted by Gasteiger charge is -2.39. The Morgan fingerprint density at radius 2 is 1.91 bits per heavy atom. The summed E-state index contributed by atoms with van der Waals surface area (Å²) in [6.45, 7) is 1.49. The van der Waals surface area contributed by atoms with E-state index in [1.807, 2.05) is 0 Å². The largest absolute Gasteiger partial charge is 0.477 e. The van der Waals surface area contributed by atoms with Crippen molar-refractivity contribution in [1.29, 1.82) is 0 Å². The number of hydrogen-bond acceptors (Lipinski definition) is 8. The van der Waals surface area contributed by atoms with Gasteiger partial charge in [0, 0.05) is 11.8 Å². The maximum atomic E-state index is 11.0. The van der Waals surface area contributed by atoms with E-state index in [-0.39, 0.29) is 5.69 Å². The summed E-state index contributed by atoms with van der Waals surface area (Å²) in [5.74, 6) is -1.44. The molecule has 1 fully saturated rings.